The van der Waals surface area contributed by atoms with Crippen LogP contribution < -0.4 is 15.6 Å². The number of ether oxygens (including phenoxy) is 1. The van der Waals surface area contributed by atoms with Crippen molar-refractivity contribution in [3.8, 4) is 5.75 Å². The van der Waals surface area contributed by atoms with E-state index in [9.17, 15) is 22.8 Å². The van der Waals surface area contributed by atoms with Gasteiger partial charge in [0.1, 0.15) is 5.75 Å². The fourth-order valence-corrected chi connectivity index (χ4v) is 3.79. The maximum Gasteiger partial charge on any atom is 0.422 e. The van der Waals surface area contributed by atoms with Gasteiger partial charge in [-0.2, -0.15) is 13.2 Å². The molecule has 160 valence electrons. The maximum absolute atomic E-state index is 12.5. The fourth-order valence-electron chi connectivity index (χ4n) is 2.88. The van der Waals surface area contributed by atoms with Crippen molar-refractivity contribution in [3.63, 3.8) is 0 Å². The van der Waals surface area contributed by atoms with Crippen molar-refractivity contribution >= 4 is 43.5 Å². The van der Waals surface area contributed by atoms with Gasteiger partial charge in [-0.15, -0.1) is 0 Å². The van der Waals surface area contributed by atoms with E-state index in [0.717, 1.165) is 11.3 Å². The van der Waals surface area contributed by atoms with Crippen molar-refractivity contribution in [1.29, 1.82) is 0 Å². The molecule has 1 amide bonds. The van der Waals surface area contributed by atoms with Crippen molar-refractivity contribution < 1.29 is 22.7 Å². The van der Waals surface area contributed by atoms with E-state index in [-0.39, 0.29) is 30.2 Å². The monoisotopic (exact) mass is 448 g/mol. The first-order chi connectivity index (χ1) is 14.8. The highest BCUT2D eigenvalue weighted by Crippen LogP contribution is 2.30. The lowest BCUT2D eigenvalue weighted by Crippen LogP contribution is -2.23. The molecule has 2 aromatic heterocycles. The topological polar surface area (TPSA) is 86.1 Å². The van der Waals surface area contributed by atoms with Crippen LogP contribution >= 0.6 is 11.3 Å². The standard InChI is InChI=1S/C20H15F3N4O3S/c21-20(22,23)10-30-12-5-6-15-16(9-12)31-19(25-15)26-17(28)7-8-27-11-24-14-4-2-1-3-13(14)18(27)29/h1-6,9,11H,7-8,10H2,(H,25,26,28). The molecule has 4 aromatic rings. The smallest absolute Gasteiger partial charge is 0.422 e. The summed E-state index contributed by atoms with van der Waals surface area (Å²) in [6, 6.07) is 11.3. The van der Waals surface area contributed by atoms with E-state index < -0.39 is 12.8 Å². The molecule has 0 unspecified atom stereocenters. The SMILES string of the molecule is O=C(CCn1cnc2ccccc2c1=O)Nc1nc2ccc(OCC(F)(F)F)cc2s1. The average molecular weight is 448 g/mol. The highest BCUT2D eigenvalue weighted by molar-refractivity contribution is 7.22. The van der Waals surface area contributed by atoms with Gasteiger partial charge < -0.3 is 10.1 Å². The van der Waals surface area contributed by atoms with Gasteiger partial charge in [0.2, 0.25) is 5.91 Å². The van der Waals surface area contributed by atoms with Gasteiger partial charge >= 0.3 is 6.18 Å². The molecular weight excluding hydrogens is 433 g/mol. The van der Waals surface area contributed by atoms with E-state index in [1.54, 1.807) is 24.3 Å². The molecule has 0 saturated carbocycles. The summed E-state index contributed by atoms with van der Waals surface area (Å²) in [5, 5.41) is 3.42. The van der Waals surface area contributed by atoms with Crippen LogP contribution in [0.1, 0.15) is 6.42 Å². The first-order valence-electron chi connectivity index (χ1n) is 9.13. The highest BCUT2D eigenvalue weighted by Gasteiger charge is 2.28. The third kappa shape index (κ3) is 5.00. The lowest BCUT2D eigenvalue weighted by atomic mass is 10.2. The second-order valence-corrected chi connectivity index (χ2v) is 7.64. The molecule has 0 fully saturated rings. The summed E-state index contributed by atoms with van der Waals surface area (Å²) in [7, 11) is 0. The number of alkyl halides is 3. The summed E-state index contributed by atoms with van der Waals surface area (Å²) >= 11 is 1.11. The molecule has 0 atom stereocenters. The van der Waals surface area contributed by atoms with E-state index in [4.69, 9.17) is 4.74 Å². The van der Waals surface area contributed by atoms with Crippen LogP contribution in [0.3, 0.4) is 0 Å². The summed E-state index contributed by atoms with van der Waals surface area (Å²) < 4.78 is 43.5. The molecule has 7 nitrogen and oxygen atoms in total. The molecule has 0 bridgehead atoms. The minimum absolute atomic E-state index is 0.0236. The molecular formula is C20H15F3N4O3S. The van der Waals surface area contributed by atoms with Crippen molar-refractivity contribution in [2.24, 2.45) is 0 Å². The van der Waals surface area contributed by atoms with Crippen LogP contribution in [0.5, 0.6) is 5.75 Å². The van der Waals surface area contributed by atoms with E-state index >= 15 is 0 Å². The number of hydrogen-bond acceptors (Lipinski definition) is 6. The number of nitrogens with zero attached hydrogens (tertiary/aromatic N) is 3. The average Bonchev–Trinajstić information content (AvgIpc) is 3.13. The number of aryl methyl sites for hydroxylation is 1. The lowest BCUT2D eigenvalue weighted by molar-refractivity contribution is -0.153. The van der Waals surface area contributed by atoms with Gasteiger partial charge in [-0.25, -0.2) is 9.97 Å². The molecule has 0 spiro atoms. The van der Waals surface area contributed by atoms with Crippen LogP contribution in [0.2, 0.25) is 0 Å². The number of halogens is 3. The van der Waals surface area contributed by atoms with Crippen LogP contribution in [0, 0.1) is 0 Å². The largest absolute Gasteiger partial charge is 0.484 e. The molecule has 0 radical (unpaired) electrons. The number of aromatic nitrogens is 3. The number of thiazole rings is 1. The normalized spacial score (nSPS) is 11.7. The Labute approximate surface area is 177 Å². The Balaban J connectivity index is 1.40. The van der Waals surface area contributed by atoms with Crippen LogP contribution in [0.15, 0.2) is 53.6 Å². The quantitative estimate of drug-likeness (QED) is 0.482. The molecule has 2 heterocycles. The first-order valence-corrected chi connectivity index (χ1v) is 9.94. The van der Waals surface area contributed by atoms with Gasteiger partial charge in [0.05, 0.1) is 27.4 Å². The molecule has 2 aromatic carbocycles. The molecule has 11 heteroatoms. The van der Waals surface area contributed by atoms with Crippen molar-refractivity contribution in [3.05, 3.63) is 59.1 Å². The molecule has 4 rings (SSSR count). The Kier molecular flexibility index (Phi) is 5.59. The summed E-state index contributed by atoms with van der Waals surface area (Å²) in [6.45, 7) is -1.24. The van der Waals surface area contributed by atoms with Crippen LogP contribution in [0.4, 0.5) is 18.3 Å². The van der Waals surface area contributed by atoms with Crippen LogP contribution in [-0.2, 0) is 11.3 Å². The van der Waals surface area contributed by atoms with E-state index in [1.807, 2.05) is 0 Å². The summed E-state index contributed by atoms with van der Waals surface area (Å²) in [5.41, 5.74) is 0.876. The summed E-state index contributed by atoms with van der Waals surface area (Å²) in [6.07, 6.45) is -3.00. The third-order valence-electron chi connectivity index (χ3n) is 4.32. The lowest BCUT2D eigenvalue weighted by Gasteiger charge is -2.08. The van der Waals surface area contributed by atoms with Gasteiger partial charge in [0, 0.05) is 13.0 Å². The number of anilines is 1. The zero-order valence-electron chi connectivity index (χ0n) is 15.8. The number of para-hydroxylation sites is 1. The summed E-state index contributed by atoms with van der Waals surface area (Å²) in [5.74, 6) is -0.290. The number of hydrogen-bond donors (Lipinski definition) is 1. The zero-order valence-corrected chi connectivity index (χ0v) is 16.7. The Morgan fingerprint density at radius 2 is 1.97 bits per heavy atom. The molecule has 31 heavy (non-hydrogen) atoms. The Hall–Kier alpha value is -3.47. The van der Waals surface area contributed by atoms with Crippen LogP contribution in [-0.4, -0.2) is 33.2 Å². The first kappa shape index (κ1) is 20.8. The van der Waals surface area contributed by atoms with Gasteiger partial charge in [-0.05, 0) is 30.3 Å². The Bertz CT molecular complexity index is 1320. The number of fused-ring (bicyclic) bond motifs is 2. The molecule has 0 saturated heterocycles. The summed E-state index contributed by atoms with van der Waals surface area (Å²) in [4.78, 5) is 33.2. The van der Waals surface area contributed by atoms with Crippen LogP contribution in [0.25, 0.3) is 21.1 Å². The van der Waals surface area contributed by atoms with E-state index in [2.05, 4.69) is 15.3 Å². The predicted octanol–water partition coefficient (Wildman–Crippen LogP) is 3.98. The number of nitrogens with one attached hydrogen (secondary N) is 1. The Morgan fingerprint density at radius 3 is 2.77 bits per heavy atom. The number of amides is 1. The van der Waals surface area contributed by atoms with Gasteiger partial charge in [-0.3, -0.25) is 14.2 Å². The number of carbonyl (C=O) groups excluding carboxylic acids is 1. The minimum Gasteiger partial charge on any atom is -0.484 e. The fraction of sp³-hybridized carbons (Fsp3) is 0.200. The van der Waals surface area contributed by atoms with E-state index in [0.29, 0.717) is 26.3 Å². The molecule has 1 N–H and O–H groups in total. The van der Waals surface area contributed by atoms with Crippen molar-refractivity contribution in [1.82, 2.24) is 14.5 Å². The van der Waals surface area contributed by atoms with Crippen molar-refractivity contribution in [2.45, 2.75) is 19.1 Å². The second kappa shape index (κ2) is 8.34. The Morgan fingerprint density at radius 1 is 1.16 bits per heavy atom. The molecule has 0 aliphatic carbocycles. The van der Waals surface area contributed by atoms with Gasteiger partial charge in [0.25, 0.3) is 5.56 Å². The van der Waals surface area contributed by atoms with Crippen molar-refractivity contribution in [2.75, 3.05) is 11.9 Å². The van der Waals surface area contributed by atoms with Gasteiger partial charge in [-0.1, -0.05) is 23.5 Å². The molecule has 0 aliphatic rings. The predicted molar refractivity (Wildman–Crippen MR) is 110 cm³/mol. The number of carbonyl (C=O) groups is 1. The number of rotatable bonds is 6. The van der Waals surface area contributed by atoms with E-state index in [1.165, 1.54) is 29.1 Å². The minimum atomic E-state index is -4.43. The number of benzene rings is 2. The second-order valence-electron chi connectivity index (χ2n) is 6.61. The third-order valence-corrected chi connectivity index (χ3v) is 5.25. The maximum atomic E-state index is 12.5. The highest BCUT2D eigenvalue weighted by atomic mass is 32.1. The van der Waals surface area contributed by atoms with Gasteiger partial charge in [0.15, 0.2) is 11.7 Å². The zero-order chi connectivity index (χ0) is 22.0. The molecule has 0 aliphatic heterocycles.